The molecule has 0 aromatic heterocycles. The molecule has 0 rings (SSSR count). The molecule has 0 spiro atoms. The summed E-state index contributed by atoms with van der Waals surface area (Å²) in [5.41, 5.74) is 0. The maximum atomic E-state index is 12.8. The predicted molar refractivity (Wildman–Crippen MR) is 261 cm³/mol. The van der Waals surface area contributed by atoms with Crippen molar-refractivity contribution in [2.75, 3.05) is 13.2 Å². The van der Waals surface area contributed by atoms with Crippen LogP contribution >= 0.6 is 0 Å². The molecule has 0 saturated heterocycles. The Morgan fingerprint density at radius 1 is 0.311 bits per heavy atom. The van der Waals surface area contributed by atoms with Crippen LogP contribution in [0.25, 0.3) is 0 Å². The SMILES string of the molecule is CCCCCCCCCCCCCCCCC(=O)OC[C@@H](COC(=O)CCCCCCCCCCCCCCC(C)C)OC(=O)CCCCCCCCCCCCCCCC. The van der Waals surface area contributed by atoms with Crippen molar-refractivity contribution >= 4 is 17.9 Å². The van der Waals surface area contributed by atoms with Gasteiger partial charge in [-0.2, -0.15) is 0 Å². The summed E-state index contributed by atoms with van der Waals surface area (Å²) in [4.78, 5) is 38.0. The van der Waals surface area contributed by atoms with Crippen molar-refractivity contribution in [1.82, 2.24) is 0 Å². The van der Waals surface area contributed by atoms with Crippen molar-refractivity contribution in [2.24, 2.45) is 5.92 Å². The number of ether oxygens (including phenoxy) is 3. The van der Waals surface area contributed by atoms with Gasteiger partial charge in [0.25, 0.3) is 0 Å². The Bertz CT molecular complexity index is 918. The molecule has 0 aliphatic carbocycles. The van der Waals surface area contributed by atoms with E-state index in [0.29, 0.717) is 19.3 Å². The van der Waals surface area contributed by atoms with Gasteiger partial charge < -0.3 is 14.2 Å². The number of hydrogen-bond acceptors (Lipinski definition) is 6. The van der Waals surface area contributed by atoms with Gasteiger partial charge in [-0.3, -0.25) is 14.4 Å². The zero-order chi connectivity index (χ0) is 44.5. The Balaban J connectivity index is 4.31. The quantitative estimate of drug-likeness (QED) is 0.0344. The van der Waals surface area contributed by atoms with Crippen LogP contribution in [0.2, 0.25) is 0 Å². The van der Waals surface area contributed by atoms with E-state index < -0.39 is 6.10 Å². The second-order valence-corrected chi connectivity index (χ2v) is 19.3. The fourth-order valence-electron chi connectivity index (χ4n) is 8.39. The topological polar surface area (TPSA) is 78.9 Å². The zero-order valence-electron chi connectivity index (χ0n) is 41.6. The molecule has 0 fully saturated rings. The first-order valence-corrected chi connectivity index (χ1v) is 27.4. The van der Waals surface area contributed by atoms with Crippen LogP contribution in [0, 0.1) is 5.92 Å². The van der Waals surface area contributed by atoms with Crippen molar-refractivity contribution in [2.45, 2.75) is 316 Å². The van der Waals surface area contributed by atoms with Gasteiger partial charge in [-0.25, -0.2) is 0 Å². The average Bonchev–Trinajstić information content (AvgIpc) is 3.24. The highest BCUT2D eigenvalue weighted by molar-refractivity contribution is 5.71. The molecule has 0 aromatic rings. The van der Waals surface area contributed by atoms with Gasteiger partial charge in [0.05, 0.1) is 0 Å². The predicted octanol–water partition coefficient (Wildman–Crippen LogP) is 17.8. The molecule has 6 nitrogen and oxygen atoms in total. The van der Waals surface area contributed by atoms with Crippen LogP contribution in [0.4, 0.5) is 0 Å². The van der Waals surface area contributed by atoms with Crippen LogP contribution in [0.1, 0.15) is 310 Å². The first kappa shape index (κ1) is 59.4. The molecule has 0 N–H and O–H groups in total. The Morgan fingerprint density at radius 2 is 0.541 bits per heavy atom. The largest absolute Gasteiger partial charge is 0.462 e. The molecule has 61 heavy (non-hydrogen) atoms. The van der Waals surface area contributed by atoms with Gasteiger partial charge in [-0.1, -0.05) is 272 Å². The normalized spacial score (nSPS) is 12.0. The van der Waals surface area contributed by atoms with E-state index in [1.807, 2.05) is 0 Å². The lowest BCUT2D eigenvalue weighted by Gasteiger charge is -2.18. The molecule has 0 radical (unpaired) electrons. The standard InChI is InChI=1S/C55H106O6/c1-5-7-9-11-13-15-17-19-21-26-30-34-38-42-46-53(56)59-49-52(61-55(58)48-44-40-36-32-28-22-20-18-16-14-12-10-8-6-2)50-60-54(57)47-43-39-35-31-27-24-23-25-29-33-37-41-45-51(3)4/h51-52H,5-50H2,1-4H3/t52-/m0/s1. The first-order chi connectivity index (χ1) is 29.9. The molecular formula is C55H106O6. The van der Waals surface area contributed by atoms with Crippen molar-refractivity contribution < 1.29 is 28.6 Å². The molecule has 0 aromatic carbocycles. The van der Waals surface area contributed by atoms with Crippen LogP contribution < -0.4 is 0 Å². The summed E-state index contributed by atoms with van der Waals surface area (Å²) < 4.78 is 16.9. The molecule has 0 amide bonds. The number of carbonyl (C=O) groups excluding carboxylic acids is 3. The number of carbonyl (C=O) groups is 3. The molecule has 0 heterocycles. The zero-order valence-corrected chi connectivity index (χ0v) is 41.6. The van der Waals surface area contributed by atoms with Crippen molar-refractivity contribution in [1.29, 1.82) is 0 Å². The van der Waals surface area contributed by atoms with Gasteiger partial charge >= 0.3 is 17.9 Å². The average molecular weight is 863 g/mol. The van der Waals surface area contributed by atoms with E-state index in [0.717, 1.165) is 63.7 Å². The summed E-state index contributed by atoms with van der Waals surface area (Å²) in [6.07, 6.45) is 52.2. The summed E-state index contributed by atoms with van der Waals surface area (Å²) in [7, 11) is 0. The number of esters is 3. The number of rotatable bonds is 50. The van der Waals surface area contributed by atoms with Gasteiger partial charge in [0, 0.05) is 19.3 Å². The van der Waals surface area contributed by atoms with E-state index in [-0.39, 0.29) is 31.1 Å². The second kappa shape index (κ2) is 49.4. The smallest absolute Gasteiger partial charge is 0.306 e. The van der Waals surface area contributed by atoms with Crippen LogP contribution in [-0.2, 0) is 28.6 Å². The molecule has 0 bridgehead atoms. The number of hydrogen-bond donors (Lipinski definition) is 0. The maximum absolute atomic E-state index is 12.8. The third kappa shape index (κ3) is 49.3. The van der Waals surface area contributed by atoms with E-state index in [1.165, 1.54) is 205 Å². The highest BCUT2D eigenvalue weighted by Gasteiger charge is 2.19. The summed E-state index contributed by atoms with van der Waals surface area (Å²) >= 11 is 0. The Labute approximate surface area is 380 Å². The molecule has 0 aliphatic rings. The third-order valence-corrected chi connectivity index (χ3v) is 12.5. The van der Waals surface area contributed by atoms with Gasteiger partial charge in [-0.15, -0.1) is 0 Å². The summed E-state index contributed by atoms with van der Waals surface area (Å²) in [5.74, 6) is -0.00516. The highest BCUT2D eigenvalue weighted by Crippen LogP contribution is 2.17. The minimum absolute atomic E-state index is 0.0622. The lowest BCUT2D eigenvalue weighted by Crippen LogP contribution is -2.30. The minimum Gasteiger partial charge on any atom is -0.462 e. The Kier molecular flexibility index (Phi) is 48.1. The molecule has 6 heteroatoms. The minimum atomic E-state index is -0.761. The van der Waals surface area contributed by atoms with E-state index in [9.17, 15) is 14.4 Å². The third-order valence-electron chi connectivity index (χ3n) is 12.5. The summed E-state index contributed by atoms with van der Waals surface area (Å²) in [5, 5.41) is 0. The van der Waals surface area contributed by atoms with Gasteiger partial charge in [-0.05, 0) is 25.2 Å². The van der Waals surface area contributed by atoms with Crippen LogP contribution in [-0.4, -0.2) is 37.2 Å². The number of unbranched alkanes of at least 4 members (excludes halogenated alkanes) is 37. The monoisotopic (exact) mass is 863 g/mol. The van der Waals surface area contributed by atoms with E-state index in [1.54, 1.807) is 0 Å². The van der Waals surface area contributed by atoms with Crippen molar-refractivity contribution in [3.8, 4) is 0 Å². The molecule has 0 unspecified atom stereocenters. The summed E-state index contributed by atoms with van der Waals surface area (Å²) in [6, 6.07) is 0. The van der Waals surface area contributed by atoms with Crippen LogP contribution in [0.15, 0.2) is 0 Å². The first-order valence-electron chi connectivity index (χ1n) is 27.4. The van der Waals surface area contributed by atoms with Crippen LogP contribution in [0.3, 0.4) is 0 Å². The van der Waals surface area contributed by atoms with Gasteiger partial charge in [0.2, 0.25) is 0 Å². The fraction of sp³-hybridized carbons (Fsp3) is 0.945. The molecule has 0 saturated carbocycles. The van der Waals surface area contributed by atoms with Gasteiger partial charge in [0.1, 0.15) is 13.2 Å². The lowest BCUT2D eigenvalue weighted by atomic mass is 10.0. The Hall–Kier alpha value is -1.59. The van der Waals surface area contributed by atoms with Gasteiger partial charge in [0.15, 0.2) is 6.10 Å². The van der Waals surface area contributed by atoms with Crippen LogP contribution in [0.5, 0.6) is 0 Å². The maximum Gasteiger partial charge on any atom is 0.306 e. The Morgan fingerprint density at radius 3 is 0.803 bits per heavy atom. The molecule has 0 aliphatic heterocycles. The van der Waals surface area contributed by atoms with E-state index in [4.69, 9.17) is 14.2 Å². The van der Waals surface area contributed by atoms with E-state index in [2.05, 4.69) is 27.7 Å². The molecule has 1 atom stereocenters. The molecular weight excluding hydrogens is 757 g/mol. The molecule has 362 valence electrons. The second-order valence-electron chi connectivity index (χ2n) is 19.3. The highest BCUT2D eigenvalue weighted by atomic mass is 16.6. The van der Waals surface area contributed by atoms with Crippen molar-refractivity contribution in [3.63, 3.8) is 0 Å². The van der Waals surface area contributed by atoms with E-state index >= 15 is 0 Å². The lowest BCUT2D eigenvalue weighted by molar-refractivity contribution is -0.167. The van der Waals surface area contributed by atoms with Crippen molar-refractivity contribution in [3.05, 3.63) is 0 Å². The fourth-order valence-corrected chi connectivity index (χ4v) is 8.39. The summed E-state index contributed by atoms with van der Waals surface area (Å²) in [6.45, 7) is 9.04.